The number of hydrogen-bond acceptors (Lipinski definition) is 3. The van der Waals surface area contributed by atoms with Crippen LogP contribution in [-0.2, 0) is 6.42 Å². The Labute approximate surface area is 114 Å². The molecule has 0 bridgehead atoms. The number of rotatable bonds is 5. The molecule has 0 radical (unpaired) electrons. The molecule has 3 nitrogen and oxygen atoms in total. The maximum Gasteiger partial charge on any atom is 0.115 e. The number of aromatic nitrogens is 1. The lowest BCUT2D eigenvalue weighted by atomic mass is 10.1. The maximum absolute atomic E-state index is 9.52. The van der Waals surface area contributed by atoms with E-state index < -0.39 is 0 Å². The number of pyridine rings is 1. The van der Waals surface area contributed by atoms with Gasteiger partial charge in [-0.1, -0.05) is 18.2 Å². The van der Waals surface area contributed by atoms with Crippen LogP contribution in [0.4, 0.5) is 0 Å². The van der Waals surface area contributed by atoms with Gasteiger partial charge in [0.25, 0.3) is 0 Å². The monoisotopic (exact) mass is 256 g/mol. The molecular weight excluding hydrogens is 236 g/mol. The highest BCUT2D eigenvalue weighted by Crippen LogP contribution is 2.22. The molecule has 0 fully saturated rings. The molecule has 2 aromatic rings. The van der Waals surface area contributed by atoms with Gasteiger partial charge in [-0.15, -0.1) is 0 Å². The van der Waals surface area contributed by atoms with Crippen molar-refractivity contribution < 1.29 is 5.11 Å². The number of phenolic OH excluding ortho intramolecular Hbond substituents is 1. The molecule has 2 rings (SSSR count). The van der Waals surface area contributed by atoms with Crippen molar-refractivity contribution in [3.63, 3.8) is 0 Å². The molecule has 0 aliphatic rings. The van der Waals surface area contributed by atoms with Crippen molar-refractivity contribution in [3.05, 3.63) is 59.9 Å². The molecule has 0 aliphatic carbocycles. The molecule has 1 aromatic heterocycles. The lowest BCUT2D eigenvalue weighted by molar-refractivity contribution is 0.263. The van der Waals surface area contributed by atoms with E-state index in [1.807, 2.05) is 42.6 Å². The maximum atomic E-state index is 9.52. The van der Waals surface area contributed by atoms with Crippen LogP contribution >= 0.6 is 0 Å². The van der Waals surface area contributed by atoms with Gasteiger partial charge in [-0.3, -0.25) is 9.88 Å². The Kier molecular flexibility index (Phi) is 4.53. The minimum absolute atomic E-state index is 0.274. The Balaban J connectivity index is 1.94. The van der Waals surface area contributed by atoms with Crippen LogP contribution in [0.1, 0.15) is 24.2 Å². The van der Waals surface area contributed by atoms with Crippen LogP contribution in [0.5, 0.6) is 5.75 Å². The average molecular weight is 256 g/mol. The normalized spacial score (nSPS) is 12.6. The molecule has 1 heterocycles. The summed E-state index contributed by atoms with van der Waals surface area (Å²) in [6.07, 6.45) is 2.76. The molecule has 0 aliphatic heterocycles. The van der Waals surface area contributed by atoms with E-state index in [1.165, 1.54) is 0 Å². The van der Waals surface area contributed by atoms with E-state index in [4.69, 9.17) is 0 Å². The van der Waals surface area contributed by atoms with Crippen molar-refractivity contribution in [2.45, 2.75) is 19.4 Å². The topological polar surface area (TPSA) is 36.4 Å². The van der Waals surface area contributed by atoms with Crippen molar-refractivity contribution in [3.8, 4) is 5.75 Å². The standard InChI is InChI=1S/C16H20N2O/c1-13(14-6-5-8-16(19)12-14)18(2)11-9-15-7-3-4-10-17-15/h3-8,10,12-13,19H,9,11H2,1-2H3. The summed E-state index contributed by atoms with van der Waals surface area (Å²) >= 11 is 0. The number of hydrogen-bond donors (Lipinski definition) is 1. The van der Waals surface area contributed by atoms with Gasteiger partial charge in [0.2, 0.25) is 0 Å². The second kappa shape index (κ2) is 6.34. The molecule has 19 heavy (non-hydrogen) atoms. The summed E-state index contributed by atoms with van der Waals surface area (Å²) < 4.78 is 0. The summed E-state index contributed by atoms with van der Waals surface area (Å²) in [5.41, 5.74) is 2.24. The predicted octanol–water partition coefficient (Wildman–Crippen LogP) is 3.02. The fraction of sp³-hybridized carbons (Fsp3) is 0.312. The molecule has 1 unspecified atom stereocenters. The lowest BCUT2D eigenvalue weighted by Gasteiger charge is -2.25. The van der Waals surface area contributed by atoms with Gasteiger partial charge in [0.05, 0.1) is 0 Å². The van der Waals surface area contributed by atoms with Gasteiger partial charge in [-0.25, -0.2) is 0 Å². The Morgan fingerprint density at radius 1 is 1.21 bits per heavy atom. The van der Waals surface area contributed by atoms with Crippen molar-refractivity contribution in [1.29, 1.82) is 0 Å². The van der Waals surface area contributed by atoms with Crippen molar-refractivity contribution in [1.82, 2.24) is 9.88 Å². The first kappa shape index (κ1) is 13.6. The minimum Gasteiger partial charge on any atom is -0.508 e. The Morgan fingerprint density at radius 3 is 2.74 bits per heavy atom. The van der Waals surface area contributed by atoms with Crippen molar-refractivity contribution in [2.75, 3.05) is 13.6 Å². The van der Waals surface area contributed by atoms with Crippen LogP contribution in [-0.4, -0.2) is 28.6 Å². The van der Waals surface area contributed by atoms with E-state index in [1.54, 1.807) is 6.07 Å². The van der Waals surface area contributed by atoms with Gasteiger partial charge >= 0.3 is 0 Å². The highest BCUT2D eigenvalue weighted by atomic mass is 16.3. The smallest absolute Gasteiger partial charge is 0.115 e. The molecule has 0 saturated carbocycles. The number of phenols is 1. The molecule has 0 spiro atoms. The van der Waals surface area contributed by atoms with Gasteiger partial charge in [-0.2, -0.15) is 0 Å². The molecule has 3 heteroatoms. The van der Waals surface area contributed by atoms with E-state index >= 15 is 0 Å². The quantitative estimate of drug-likeness (QED) is 0.893. The Hall–Kier alpha value is -1.87. The van der Waals surface area contributed by atoms with Gasteiger partial charge in [0.15, 0.2) is 0 Å². The van der Waals surface area contributed by atoms with Crippen LogP contribution in [0.25, 0.3) is 0 Å². The molecular formula is C16H20N2O. The molecule has 1 aromatic carbocycles. The molecule has 0 saturated heterocycles. The van der Waals surface area contributed by atoms with E-state index in [0.717, 1.165) is 24.2 Å². The summed E-state index contributed by atoms with van der Waals surface area (Å²) in [6, 6.07) is 13.7. The summed E-state index contributed by atoms with van der Waals surface area (Å²) in [4.78, 5) is 6.60. The van der Waals surface area contributed by atoms with Crippen molar-refractivity contribution >= 4 is 0 Å². The predicted molar refractivity (Wildman–Crippen MR) is 77.1 cm³/mol. The third-order valence-corrected chi connectivity index (χ3v) is 3.46. The summed E-state index contributed by atoms with van der Waals surface area (Å²) in [7, 11) is 2.09. The van der Waals surface area contributed by atoms with E-state index in [9.17, 15) is 5.11 Å². The molecule has 0 amide bonds. The van der Waals surface area contributed by atoms with E-state index in [2.05, 4.69) is 23.9 Å². The first-order valence-corrected chi connectivity index (χ1v) is 6.56. The first-order chi connectivity index (χ1) is 9.16. The number of aromatic hydroxyl groups is 1. The highest BCUT2D eigenvalue weighted by molar-refractivity contribution is 5.29. The second-order valence-corrected chi connectivity index (χ2v) is 4.82. The fourth-order valence-corrected chi connectivity index (χ4v) is 2.07. The average Bonchev–Trinajstić information content (AvgIpc) is 2.45. The SMILES string of the molecule is CC(c1cccc(O)c1)N(C)CCc1ccccn1. The van der Waals surface area contributed by atoms with E-state index in [0.29, 0.717) is 5.75 Å². The third-order valence-electron chi connectivity index (χ3n) is 3.46. The molecule has 100 valence electrons. The zero-order valence-electron chi connectivity index (χ0n) is 11.5. The Bertz CT molecular complexity index is 513. The lowest BCUT2D eigenvalue weighted by Crippen LogP contribution is -2.25. The fourth-order valence-electron chi connectivity index (χ4n) is 2.07. The van der Waals surface area contributed by atoms with Gasteiger partial charge in [0.1, 0.15) is 5.75 Å². The van der Waals surface area contributed by atoms with E-state index in [-0.39, 0.29) is 6.04 Å². The first-order valence-electron chi connectivity index (χ1n) is 6.56. The summed E-state index contributed by atoms with van der Waals surface area (Å²) in [5.74, 6) is 0.322. The van der Waals surface area contributed by atoms with Crippen LogP contribution < -0.4 is 0 Å². The molecule has 1 atom stereocenters. The number of likely N-dealkylation sites (N-methyl/N-ethyl adjacent to an activating group) is 1. The Morgan fingerprint density at radius 2 is 2.05 bits per heavy atom. The third kappa shape index (κ3) is 3.80. The van der Waals surface area contributed by atoms with Gasteiger partial charge < -0.3 is 5.11 Å². The van der Waals surface area contributed by atoms with Gasteiger partial charge in [0, 0.05) is 30.9 Å². The zero-order chi connectivity index (χ0) is 13.7. The second-order valence-electron chi connectivity index (χ2n) is 4.82. The molecule has 1 N–H and O–H groups in total. The largest absolute Gasteiger partial charge is 0.508 e. The summed E-state index contributed by atoms with van der Waals surface area (Å²) in [5, 5.41) is 9.52. The van der Waals surface area contributed by atoms with Crippen LogP contribution in [0.2, 0.25) is 0 Å². The van der Waals surface area contributed by atoms with Crippen LogP contribution in [0, 0.1) is 0 Å². The number of nitrogens with zero attached hydrogens (tertiary/aromatic N) is 2. The van der Waals surface area contributed by atoms with Gasteiger partial charge in [-0.05, 0) is 43.8 Å². The summed E-state index contributed by atoms with van der Waals surface area (Å²) in [6.45, 7) is 3.08. The van der Waals surface area contributed by atoms with Crippen LogP contribution in [0.3, 0.4) is 0 Å². The highest BCUT2D eigenvalue weighted by Gasteiger charge is 2.11. The van der Waals surface area contributed by atoms with Crippen molar-refractivity contribution in [2.24, 2.45) is 0 Å². The van der Waals surface area contributed by atoms with Crippen LogP contribution in [0.15, 0.2) is 48.7 Å². The number of benzene rings is 1. The zero-order valence-corrected chi connectivity index (χ0v) is 11.5. The minimum atomic E-state index is 0.274.